The van der Waals surface area contributed by atoms with Crippen molar-refractivity contribution in [2.45, 2.75) is 17.7 Å². The van der Waals surface area contributed by atoms with E-state index in [0.717, 1.165) is 12.8 Å². The number of carbonyl (C=O) groups excluding carboxylic acids is 1. The molecule has 182 valence electrons. The van der Waals surface area contributed by atoms with Crippen LogP contribution in [-0.2, 0) is 10.0 Å². The van der Waals surface area contributed by atoms with Gasteiger partial charge in [-0.1, -0.05) is 23.7 Å². The lowest BCUT2D eigenvalue weighted by Crippen LogP contribution is -2.42. The summed E-state index contributed by atoms with van der Waals surface area (Å²) in [5, 5.41) is 0.320. The van der Waals surface area contributed by atoms with Crippen LogP contribution in [0.1, 0.15) is 23.2 Å². The highest BCUT2D eigenvalue weighted by Crippen LogP contribution is 2.43. The van der Waals surface area contributed by atoms with Crippen LogP contribution in [0.15, 0.2) is 71.6 Å². The first-order valence-corrected chi connectivity index (χ1v) is 13.2. The minimum atomic E-state index is -3.90. The fourth-order valence-corrected chi connectivity index (χ4v) is 6.50. The van der Waals surface area contributed by atoms with Crippen LogP contribution >= 0.6 is 11.6 Å². The van der Waals surface area contributed by atoms with Gasteiger partial charge in [-0.3, -0.25) is 14.0 Å². The smallest absolute Gasteiger partial charge is 0.268 e. The van der Waals surface area contributed by atoms with Gasteiger partial charge in [0.25, 0.3) is 10.0 Å². The third-order valence-electron chi connectivity index (χ3n) is 6.49. The normalized spacial score (nSPS) is 17.7. The van der Waals surface area contributed by atoms with Crippen LogP contribution in [0.25, 0.3) is 0 Å². The van der Waals surface area contributed by atoms with Crippen LogP contribution < -0.4 is 9.04 Å². The highest BCUT2D eigenvalue weighted by Gasteiger charge is 2.36. The fourth-order valence-electron chi connectivity index (χ4n) is 4.57. The zero-order valence-corrected chi connectivity index (χ0v) is 20.4. The number of fused-ring (bicyclic) bond motifs is 2. The van der Waals surface area contributed by atoms with Crippen LogP contribution in [0.2, 0.25) is 5.02 Å². The molecule has 9 heteroatoms. The predicted octanol–water partition coefficient (Wildman–Crippen LogP) is 5.38. The maximum atomic E-state index is 13.7. The maximum Gasteiger partial charge on any atom is 0.268 e. The maximum absolute atomic E-state index is 13.7. The van der Waals surface area contributed by atoms with E-state index < -0.39 is 10.0 Å². The molecule has 0 saturated carbocycles. The van der Waals surface area contributed by atoms with E-state index in [9.17, 15) is 17.6 Å². The van der Waals surface area contributed by atoms with Gasteiger partial charge < -0.3 is 4.74 Å². The van der Waals surface area contributed by atoms with Gasteiger partial charge in [0.15, 0.2) is 11.5 Å². The second-order valence-electron chi connectivity index (χ2n) is 8.85. The van der Waals surface area contributed by atoms with Crippen molar-refractivity contribution < 1.29 is 22.3 Å². The third kappa shape index (κ3) is 4.91. The number of benzene rings is 3. The summed E-state index contributed by atoms with van der Waals surface area (Å²) in [5.74, 6) is 0.398. The SMILES string of the molecule is O=C(CN1CCC(CN2c3ccccc3Oc3ccc(Cl)cc3S2(=O)=O)CC1)c1ccc(F)cc1. The van der Waals surface area contributed by atoms with Gasteiger partial charge in [0.2, 0.25) is 0 Å². The van der Waals surface area contributed by atoms with Gasteiger partial charge in [-0.15, -0.1) is 0 Å². The van der Waals surface area contributed by atoms with Gasteiger partial charge >= 0.3 is 0 Å². The van der Waals surface area contributed by atoms with E-state index in [-0.39, 0.29) is 34.7 Å². The number of ketones is 1. The van der Waals surface area contributed by atoms with Crippen LogP contribution in [-0.4, -0.2) is 45.3 Å². The number of sulfonamides is 1. The summed E-state index contributed by atoms with van der Waals surface area (Å²) in [6.07, 6.45) is 1.49. The number of likely N-dealkylation sites (tertiary alicyclic amines) is 1. The Morgan fingerprint density at radius 2 is 1.71 bits per heavy atom. The lowest BCUT2D eigenvalue weighted by atomic mass is 9.96. The molecule has 35 heavy (non-hydrogen) atoms. The molecule has 5 rings (SSSR count). The Labute approximate surface area is 208 Å². The van der Waals surface area contributed by atoms with Crippen molar-refractivity contribution in [1.82, 2.24) is 4.90 Å². The molecule has 0 aromatic heterocycles. The van der Waals surface area contributed by atoms with Gasteiger partial charge in [-0.05, 0) is 86.4 Å². The molecular weight excluding hydrogens is 491 g/mol. The number of nitrogens with zero attached hydrogens (tertiary/aromatic N) is 2. The minimum absolute atomic E-state index is 0.0449. The topological polar surface area (TPSA) is 66.9 Å². The molecular formula is C26H24ClFN2O4S. The van der Waals surface area contributed by atoms with Crippen molar-refractivity contribution in [3.8, 4) is 11.5 Å². The first-order chi connectivity index (χ1) is 16.8. The van der Waals surface area contributed by atoms with E-state index in [4.69, 9.17) is 16.3 Å². The number of carbonyl (C=O) groups is 1. The van der Waals surface area contributed by atoms with Crippen LogP contribution in [0.3, 0.4) is 0 Å². The molecule has 0 spiro atoms. The van der Waals surface area contributed by atoms with Gasteiger partial charge in [0.1, 0.15) is 16.5 Å². The molecule has 0 N–H and O–H groups in total. The van der Waals surface area contributed by atoms with Crippen molar-refractivity contribution in [3.05, 3.63) is 83.1 Å². The van der Waals surface area contributed by atoms with E-state index in [1.165, 1.54) is 34.6 Å². The first-order valence-electron chi connectivity index (χ1n) is 11.4. The summed E-state index contributed by atoms with van der Waals surface area (Å²) >= 11 is 6.13. The molecule has 2 aliphatic rings. The fraction of sp³-hybridized carbons (Fsp3) is 0.269. The van der Waals surface area contributed by atoms with E-state index >= 15 is 0 Å². The average molecular weight is 515 g/mol. The molecule has 1 fully saturated rings. The number of hydrogen-bond acceptors (Lipinski definition) is 5. The number of piperidine rings is 1. The van der Waals surface area contributed by atoms with Crippen molar-refractivity contribution in [2.75, 3.05) is 30.5 Å². The lowest BCUT2D eigenvalue weighted by Gasteiger charge is -2.34. The first kappa shape index (κ1) is 23.8. The number of halogens is 2. The van der Waals surface area contributed by atoms with Gasteiger partial charge in [-0.25, -0.2) is 12.8 Å². The Morgan fingerprint density at radius 1 is 1.00 bits per heavy atom. The van der Waals surface area contributed by atoms with Crippen molar-refractivity contribution in [3.63, 3.8) is 0 Å². The number of rotatable bonds is 5. The van der Waals surface area contributed by atoms with Crippen molar-refractivity contribution in [2.24, 2.45) is 5.92 Å². The van der Waals surface area contributed by atoms with E-state index in [2.05, 4.69) is 4.90 Å². The summed E-state index contributed by atoms with van der Waals surface area (Å²) in [6, 6.07) is 17.3. The van der Waals surface area contributed by atoms with Crippen LogP contribution in [0, 0.1) is 11.7 Å². The average Bonchev–Trinajstić information content (AvgIpc) is 2.93. The monoisotopic (exact) mass is 514 g/mol. The molecule has 0 atom stereocenters. The predicted molar refractivity (Wildman–Crippen MR) is 132 cm³/mol. The summed E-state index contributed by atoms with van der Waals surface area (Å²) < 4.78 is 48.0. The molecule has 0 radical (unpaired) electrons. The van der Waals surface area contributed by atoms with Gasteiger partial charge in [0.05, 0.1) is 12.2 Å². The highest BCUT2D eigenvalue weighted by molar-refractivity contribution is 7.93. The molecule has 3 aromatic carbocycles. The summed E-state index contributed by atoms with van der Waals surface area (Å²) in [6.45, 7) is 1.90. The molecule has 6 nitrogen and oxygen atoms in total. The Balaban J connectivity index is 1.32. The summed E-state index contributed by atoms with van der Waals surface area (Å²) in [5.41, 5.74) is 0.979. The number of Topliss-reactive ketones (excluding diaryl/α,β-unsaturated/α-hetero) is 1. The second-order valence-corrected chi connectivity index (χ2v) is 11.1. The summed E-state index contributed by atoms with van der Waals surface area (Å²) in [4.78, 5) is 14.7. The quantitative estimate of drug-likeness (QED) is 0.428. The number of ether oxygens (including phenoxy) is 1. The van der Waals surface area contributed by atoms with Gasteiger partial charge in [0, 0.05) is 17.1 Å². The molecule has 0 aliphatic carbocycles. The molecule has 0 amide bonds. The Morgan fingerprint density at radius 3 is 2.46 bits per heavy atom. The van der Waals surface area contributed by atoms with Crippen molar-refractivity contribution >= 4 is 33.1 Å². The second kappa shape index (κ2) is 9.60. The van der Waals surface area contributed by atoms with Gasteiger partial charge in [-0.2, -0.15) is 0 Å². The van der Waals surface area contributed by atoms with E-state index in [1.54, 1.807) is 36.4 Å². The zero-order valence-electron chi connectivity index (χ0n) is 18.9. The Kier molecular flexibility index (Phi) is 6.53. The molecule has 2 heterocycles. The van der Waals surface area contributed by atoms with E-state index in [0.29, 0.717) is 41.7 Å². The zero-order chi connectivity index (χ0) is 24.6. The standard InChI is InChI=1S/C26H24ClFN2O4S/c27-20-7-10-25-26(15-20)35(32,33)30(22-3-1-2-4-24(22)34-25)16-18-11-13-29(14-12-18)17-23(31)19-5-8-21(28)9-6-19/h1-10,15,18H,11-14,16-17H2. The molecule has 2 aliphatic heterocycles. The van der Waals surface area contributed by atoms with Crippen molar-refractivity contribution in [1.29, 1.82) is 0 Å². The minimum Gasteiger partial charge on any atom is -0.454 e. The Hall–Kier alpha value is -2.94. The molecule has 1 saturated heterocycles. The third-order valence-corrected chi connectivity index (χ3v) is 8.53. The largest absolute Gasteiger partial charge is 0.454 e. The lowest BCUT2D eigenvalue weighted by molar-refractivity contribution is 0.0898. The Bertz CT molecular complexity index is 1360. The molecule has 0 unspecified atom stereocenters. The van der Waals surface area contributed by atoms with Crippen LogP contribution in [0.4, 0.5) is 10.1 Å². The molecule has 3 aromatic rings. The van der Waals surface area contributed by atoms with E-state index in [1.807, 2.05) is 0 Å². The summed E-state index contributed by atoms with van der Waals surface area (Å²) in [7, 11) is -3.90. The highest BCUT2D eigenvalue weighted by atomic mass is 35.5. The molecule has 0 bridgehead atoms. The number of hydrogen-bond donors (Lipinski definition) is 0. The number of para-hydroxylation sites is 2. The van der Waals surface area contributed by atoms with Crippen LogP contribution in [0.5, 0.6) is 11.5 Å². The number of anilines is 1.